The Morgan fingerprint density at radius 2 is 2.07 bits per heavy atom. The molecule has 0 aliphatic heterocycles. The average molecular weight is 383 g/mol. The van der Waals surface area contributed by atoms with Gasteiger partial charge in [-0.2, -0.15) is 0 Å². The van der Waals surface area contributed by atoms with Crippen molar-refractivity contribution in [3.63, 3.8) is 0 Å². The first-order valence-corrected chi connectivity index (χ1v) is 9.66. The summed E-state index contributed by atoms with van der Waals surface area (Å²) < 4.78 is 11.3. The minimum atomic E-state index is -0.245. The third-order valence-electron chi connectivity index (χ3n) is 3.65. The Hall–Kier alpha value is -2.93. The maximum atomic E-state index is 12.6. The Labute approximate surface area is 162 Å². The number of benzene rings is 1. The Kier molecular flexibility index (Phi) is 6.38. The van der Waals surface area contributed by atoms with E-state index >= 15 is 0 Å². The number of ether oxygens (including phenoxy) is 2. The van der Waals surface area contributed by atoms with E-state index in [1.807, 2.05) is 31.4 Å². The van der Waals surface area contributed by atoms with Crippen LogP contribution in [0.4, 0.5) is 5.13 Å². The Bertz CT molecular complexity index is 896. The molecule has 1 amide bonds. The van der Waals surface area contributed by atoms with Crippen molar-refractivity contribution >= 4 is 22.4 Å². The standard InChI is InChI=1S/C20H21N3O3S/c1-3-10-26-17-8-7-14(11-18(17)25-4-2)19(24)23-20-22-16(13-27-20)15-6-5-9-21-12-15/h5-9,11-13H,3-4,10H2,1-2H3,(H,22,23,24). The van der Waals surface area contributed by atoms with E-state index in [2.05, 4.69) is 15.3 Å². The summed E-state index contributed by atoms with van der Waals surface area (Å²) in [6.45, 7) is 5.03. The van der Waals surface area contributed by atoms with Crippen LogP contribution in [-0.4, -0.2) is 29.1 Å². The largest absolute Gasteiger partial charge is 0.490 e. The number of carbonyl (C=O) groups is 1. The zero-order valence-corrected chi connectivity index (χ0v) is 16.1. The molecule has 0 radical (unpaired) electrons. The second-order valence-corrected chi connectivity index (χ2v) is 6.53. The van der Waals surface area contributed by atoms with Crippen LogP contribution in [0.25, 0.3) is 11.3 Å². The van der Waals surface area contributed by atoms with Crippen molar-refractivity contribution in [3.8, 4) is 22.8 Å². The van der Waals surface area contributed by atoms with Crippen LogP contribution in [0.1, 0.15) is 30.6 Å². The first-order valence-electron chi connectivity index (χ1n) is 8.78. The van der Waals surface area contributed by atoms with E-state index < -0.39 is 0 Å². The summed E-state index contributed by atoms with van der Waals surface area (Å²) in [6.07, 6.45) is 4.35. The molecule has 0 atom stereocenters. The molecule has 0 aliphatic rings. The molecule has 0 fully saturated rings. The van der Waals surface area contributed by atoms with Crippen LogP contribution in [0.3, 0.4) is 0 Å². The zero-order valence-electron chi connectivity index (χ0n) is 15.3. The number of hydrogen-bond acceptors (Lipinski definition) is 6. The van der Waals surface area contributed by atoms with Crippen molar-refractivity contribution in [1.82, 2.24) is 9.97 Å². The summed E-state index contributed by atoms with van der Waals surface area (Å²) in [7, 11) is 0. The fourth-order valence-corrected chi connectivity index (χ4v) is 3.11. The zero-order chi connectivity index (χ0) is 19.1. The molecule has 1 N–H and O–H groups in total. The van der Waals surface area contributed by atoms with E-state index in [1.165, 1.54) is 11.3 Å². The molecule has 0 unspecified atom stereocenters. The lowest BCUT2D eigenvalue weighted by Gasteiger charge is -2.12. The third kappa shape index (κ3) is 4.83. The van der Waals surface area contributed by atoms with Gasteiger partial charge >= 0.3 is 0 Å². The highest BCUT2D eigenvalue weighted by Gasteiger charge is 2.14. The molecule has 0 aliphatic carbocycles. The van der Waals surface area contributed by atoms with E-state index in [0.717, 1.165) is 17.7 Å². The molecule has 140 valence electrons. The van der Waals surface area contributed by atoms with Crippen molar-refractivity contribution in [2.45, 2.75) is 20.3 Å². The predicted molar refractivity (Wildman–Crippen MR) is 107 cm³/mol. The molecule has 1 aromatic carbocycles. The molecule has 0 spiro atoms. The number of rotatable bonds is 8. The number of anilines is 1. The summed E-state index contributed by atoms with van der Waals surface area (Å²) in [5.74, 6) is 0.960. The van der Waals surface area contributed by atoms with Gasteiger partial charge in [0.15, 0.2) is 16.6 Å². The maximum absolute atomic E-state index is 12.6. The Balaban J connectivity index is 1.74. The molecule has 27 heavy (non-hydrogen) atoms. The van der Waals surface area contributed by atoms with Gasteiger partial charge in [0.05, 0.1) is 18.9 Å². The summed E-state index contributed by atoms with van der Waals surface area (Å²) in [5, 5.41) is 5.25. The molecular formula is C20H21N3O3S. The summed E-state index contributed by atoms with van der Waals surface area (Å²) in [6, 6.07) is 8.96. The lowest BCUT2D eigenvalue weighted by molar-refractivity contribution is 0.102. The van der Waals surface area contributed by atoms with Gasteiger partial charge in [0, 0.05) is 28.9 Å². The average Bonchev–Trinajstić information content (AvgIpc) is 3.16. The molecule has 7 heteroatoms. The van der Waals surface area contributed by atoms with Crippen molar-refractivity contribution in [1.29, 1.82) is 0 Å². The maximum Gasteiger partial charge on any atom is 0.257 e. The lowest BCUT2D eigenvalue weighted by atomic mass is 10.2. The van der Waals surface area contributed by atoms with Crippen LogP contribution in [0.15, 0.2) is 48.1 Å². The molecule has 0 saturated carbocycles. The van der Waals surface area contributed by atoms with Gasteiger partial charge < -0.3 is 9.47 Å². The number of hydrogen-bond donors (Lipinski definition) is 1. The first kappa shape index (κ1) is 18.8. The quantitative estimate of drug-likeness (QED) is 0.613. The highest BCUT2D eigenvalue weighted by atomic mass is 32.1. The second-order valence-electron chi connectivity index (χ2n) is 5.68. The highest BCUT2D eigenvalue weighted by molar-refractivity contribution is 7.14. The number of nitrogens with one attached hydrogen (secondary N) is 1. The smallest absolute Gasteiger partial charge is 0.257 e. The normalized spacial score (nSPS) is 10.4. The van der Waals surface area contributed by atoms with Crippen molar-refractivity contribution in [2.24, 2.45) is 0 Å². The van der Waals surface area contributed by atoms with Gasteiger partial charge in [-0.25, -0.2) is 4.98 Å². The van der Waals surface area contributed by atoms with E-state index in [-0.39, 0.29) is 5.91 Å². The molecule has 0 bridgehead atoms. The first-order chi connectivity index (χ1) is 13.2. The van der Waals surface area contributed by atoms with Crippen LogP contribution < -0.4 is 14.8 Å². The monoisotopic (exact) mass is 383 g/mol. The second kappa shape index (κ2) is 9.14. The number of pyridine rings is 1. The van der Waals surface area contributed by atoms with Gasteiger partial charge in [0.25, 0.3) is 5.91 Å². The fourth-order valence-electron chi connectivity index (χ4n) is 2.40. The van der Waals surface area contributed by atoms with E-state index in [4.69, 9.17) is 9.47 Å². The van der Waals surface area contributed by atoms with Gasteiger partial charge in [0.2, 0.25) is 0 Å². The predicted octanol–water partition coefficient (Wildman–Crippen LogP) is 4.64. The van der Waals surface area contributed by atoms with E-state index in [1.54, 1.807) is 30.6 Å². The van der Waals surface area contributed by atoms with Gasteiger partial charge in [-0.3, -0.25) is 15.1 Å². The summed E-state index contributed by atoms with van der Waals surface area (Å²) in [5.41, 5.74) is 2.17. The van der Waals surface area contributed by atoms with Gasteiger partial charge in [-0.15, -0.1) is 11.3 Å². The molecule has 0 saturated heterocycles. The molecule has 3 rings (SSSR count). The topological polar surface area (TPSA) is 73.3 Å². The van der Waals surface area contributed by atoms with Crippen molar-refractivity contribution in [2.75, 3.05) is 18.5 Å². The van der Waals surface area contributed by atoms with E-state index in [0.29, 0.717) is 35.4 Å². The molecule has 2 heterocycles. The van der Waals surface area contributed by atoms with Crippen molar-refractivity contribution in [3.05, 3.63) is 53.7 Å². The molecular weight excluding hydrogens is 362 g/mol. The molecule has 2 aromatic heterocycles. The molecule has 6 nitrogen and oxygen atoms in total. The number of amides is 1. The van der Waals surface area contributed by atoms with Crippen LogP contribution >= 0.6 is 11.3 Å². The lowest BCUT2D eigenvalue weighted by Crippen LogP contribution is -2.12. The summed E-state index contributed by atoms with van der Waals surface area (Å²) >= 11 is 1.37. The van der Waals surface area contributed by atoms with Crippen molar-refractivity contribution < 1.29 is 14.3 Å². The fraction of sp³-hybridized carbons (Fsp3) is 0.250. The van der Waals surface area contributed by atoms with Gasteiger partial charge in [-0.05, 0) is 43.7 Å². The van der Waals surface area contributed by atoms with Gasteiger partial charge in [0.1, 0.15) is 0 Å². The Morgan fingerprint density at radius 1 is 1.19 bits per heavy atom. The minimum Gasteiger partial charge on any atom is -0.490 e. The molecule has 3 aromatic rings. The minimum absolute atomic E-state index is 0.245. The third-order valence-corrected chi connectivity index (χ3v) is 4.41. The van der Waals surface area contributed by atoms with Gasteiger partial charge in [-0.1, -0.05) is 6.92 Å². The summed E-state index contributed by atoms with van der Waals surface area (Å²) in [4.78, 5) is 21.1. The van der Waals surface area contributed by atoms with Crippen LogP contribution in [0.5, 0.6) is 11.5 Å². The highest BCUT2D eigenvalue weighted by Crippen LogP contribution is 2.30. The SMILES string of the molecule is CCCOc1ccc(C(=O)Nc2nc(-c3cccnc3)cs2)cc1OCC. The number of aromatic nitrogens is 2. The number of nitrogens with zero attached hydrogens (tertiary/aromatic N) is 2. The Morgan fingerprint density at radius 3 is 2.81 bits per heavy atom. The van der Waals surface area contributed by atoms with Crippen LogP contribution in [0.2, 0.25) is 0 Å². The number of thiazole rings is 1. The van der Waals surface area contributed by atoms with Crippen LogP contribution in [0, 0.1) is 0 Å². The van der Waals surface area contributed by atoms with E-state index in [9.17, 15) is 4.79 Å². The van der Waals surface area contributed by atoms with Crippen LogP contribution in [-0.2, 0) is 0 Å². The number of carbonyl (C=O) groups excluding carboxylic acids is 1.